The van der Waals surface area contributed by atoms with Crippen LogP contribution in [-0.2, 0) is 14.3 Å². The highest BCUT2D eigenvalue weighted by atomic mass is 16.7. The number of carbonyl (C=O) groups is 2. The van der Waals surface area contributed by atoms with E-state index in [4.69, 9.17) is 9.84 Å². The lowest BCUT2D eigenvalue weighted by atomic mass is 10.1. The van der Waals surface area contributed by atoms with Gasteiger partial charge < -0.3 is 24.5 Å². The van der Waals surface area contributed by atoms with Gasteiger partial charge in [-0.15, -0.1) is 0 Å². The summed E-state index contributed by atoms with van der Waals surface area (Å²) in [6.07, 6.45) is 8.67. The van der Waals surface area contributed by atoms with Gasteiger partial charge in [-0.05, 0) is 34.6 Å². The smallest absolute Gasteiger partial charge is 0.460 e. The number of rotatable bonds is 3. The van der Waals surface area contributed by atoms with Crippen LogP contribution in [0.15, 0.2) is 37.4 Å². The zero-order chi connectivity index (χ0) is 19.3. The standard InChI is InChI=1S/C10H18O5.2C3H4N2/c1-9(2,3)14-7(11)6-10(4,5)15-8(12)13;2*1-2-5-3-4-1/h6H2,1-5H3,(H,12,13);2*1-3H,(H,4,5). The van der Waals surface area contributed by atoms with E-state index in [1.165, 1.54) is 13.8 Å². The van der Waals surface area contributed by atoms with Crippen LogP contribution in [0.1, 0.15) is 41.0 Å². The maximum Gasteiger partial charge on any atom is 0.506 e. The van der Waals surface area contributed by atoms with Gasteiger partial charge >= 0.3 is 12.1 Å². The molecule has 2 aromatic heterocycles. The summed E-state index contributed by atoms with van der Waals surface area (Å²) in [5.74, 6) is -0.478. The fourth-order valence-electron chi connectivity index (χ4n) is 1.43. The molecule has 0 unspecified atom stereocenters. The van der Waals surface area contributed by atoms with Gasteiger partial charge in [-0.1, -0.05) is 0 Å². The molecule has 3 N–H and O–H groups in total. The highest BCUT2D eigenvalue weighted by Gasteiger charge is 2.29. The number of ether oxygens (including phenoxy) is 2. The van der Waals surface area contributed by atoms with Crippen molar-refractivity contribution in [3.63, 3.8) is 0 Å². The number of hydrogen-bond acceptors (Lipinski definition) is 6. The fraction of sp³-hybridized carbons (Fsp3) is 0.500. The number of nitrogens with zero attached hydrogens (tertiary/aromatic N) is 2. The molecule has 0 atom stereocenters. The van der Waals surface area contributed by atoms with Crippen molar-refractivity contribution in [1.82, 2.24) is 19.9 Å². The van der Waals surface area contributed by atoms with E-state index in [9.17, 15) is 9.59 Å². The molecule has 140 valence electrons. The fourth-order valence-corrected chi connectivity index (χ4v) is 1.43. The van der Waals surface area contributed by atoms with Crippen LogP contribution in [0.3, 0.4) is 0 Å². The normalized spacial score (nSPS) is 10.4. The van der Waals surface area contributed by atoms with E-state index in [1.54, 1.807) is 58.2 Å². The summed E-state index contributed by atoms with van der Waals surface area (Å²) >= 11 is 0. The molecule has 0 aromatic carbocycles. The third-order valence-corrected chi connectivity index (χ3v) is 2.17. The largest absolute Gasteiger partial charge is 0.506 e. The van der Waals surface area contributed by atoms with Gasteiger partial charge in [0, 0.05) is 24.8 Å². The quantitative estimate of drug-likeness (QED) is 0.722. The van der Waals surface area contributed by atoms with Crippen LogP contribution >= 0.6 is 0 Å². The Morgan fingerprint density at radius 1 is 0.960 bits per heavy atom. The Morgan fingerprint density at radius 2 is 1.44 bits per heavy atom. The number of nitrogens with one attached hydrogen (secondary N) is 2. The van der Waals surface area contributed by atoms with Crippen molar-refractivity contribution in [2.75, 3.05) is 0 Å². The van der Waals surface area contributed by atoms with Crippen molar-refractivity contribution < 1.29 is 24.2 Å². The van der Waals surface area contributed by atoms with Gasteiger partial charge in [-0.3, -0.25) is 4.79 Å². The van der Waals surface area contributed by atoms with Crippen LogP contribution < -0.4 is 0 Å². The summed E-state index contributed by atoms with van der Waals surface area (Å²) in [5, 5.41) is 8.42. The number of carboxylic acid groups (broad SMARTS) is 1. The number of H-pyrrole nitrogens is 2. The number of hydrogen-bond donors (Lipinski definition) is 3. The van der Waals surface area contributed by atoms with Gasteiger partial charge in [0.05, 0.1) is 19.1 Å². The average Bonchev–Trinajstić information content (AvgIpc) is 3.14. The lowest BCUT2D eigenvalue weighted by Gasteiger charge is -2.25. The highest BCUT2D eigenvalue weighted by Crippen LogP contribution is 2.18. The SMILES string of the molecule is CC(C)(C)OC(=O)CC(C)(C)OC(=O)O.c1c[nH]cn1.c1c[nH]cn1. The Labute approximate surface area is 146 Å². The second-order valence-electron chi connectivity index (χ2n) is 6.41. The van der Waals surface area contributed by atoms with Crippen LogP contribution in [0.5, 0.6) is 0 Å². The van der Waals surface area contributed by atoms with Crippen molar-refractivity contribution in [2.24, 2.45) is 0 Å². The van der Waals surface area contributed by atoms with E-state index in [0.29, 0.717) is 0 Å². The Bertz CT molecular complexity index is 514. The molecule has 0 saturated heterocycles. The zero-order valence-corrected chi connectivity index (χ0v) is 15.1. The van der Waals surface area contributed by atoms with Gasteiger partial charge in [0.1, 0.15) is 11.2 Å². The first-order valence-corrected chi connectivity index (χ1v) is 7.51. The van der Waals surface area contributed by atoms with Crippen LogP contribution in [-0.4, -0.2) is 48.4 Å². The van der Waals surface area contributed by atoms with E-state index in [-0.39, 0.29) is 6.42 Å². The number of aromatic amines is 2. The molecule has 2 heterocycles. The lowest BCUT2D eigenvalue weighted by molar-refractivity contribution is -0.159. The molecule has 0 saturated carbocycles. The maximum absolute atomic E-state index is 11.4. The minimum absolute atomic E-state index is 0.101. The zero-order valence-electron chi connectivity index (χ0n) is 15.1. The topological polar surface area (TPSA) is 130 Å². The Morgan fingerprint density at radius 3 is 1.68 bits per heavy atom. The van der Waals surface area contributed by atoms with Gasteiger partial charge in [0.15, 0.2) is 0 Å². The maximum atomic E-state index is 11.4. The van der Waals surface area contributed by atoms with Crippen molar-refractivity contribution in [3.8, 4) is 0 Å². The number of aromatic nitrogens is 4. The first-order chi connectivity index (χ1) is 11.5. The minimum atomic E-state index is -1.40. The second-order valence-corrected chi connectivity index (χ2v) is 6.41. The molecule has 9 nitrogen and oxygen atoms in total. The Balaban J connectivity index is 0.000000456. The summed E-state index contributed by atoms with van der Waals surface area (Å²) in [6.45, 7) is 8.28. The summed E-state index contributed by atoms with van der Waals surface area (Å²) < 4.78 is 9.58. The van der Waals surface area contributed by atoms with Crippen LogP contribution in [0, 0.1) is 0 Å². The molecular formula is C16H26N4O5. The number of imidazole rings is 2. The molecule has 0 bridgehead atoms. The highest BCUT2D eigenvalue weighted by molar-refractivity contribution is 5.71. The molecule has 0 aliphatic carbocycles. The van der Waals surface area contributed by atoms with Crippen molar-refractivity contribution in [3.05, 3.63) is 37.4 Å². The van der Waals surface area contributed by atoms with Gasteiger partial charge in [0.25, 0.3) is 0 Å². The lowest BCUT2D eigenvalue weighted by Crippen LogP contribution is -2.34. The molecule has 0 aliphatic heterocycles. The first-order valence-electron chi connectivity index (χ1n) is 7.51. The predicted molar refractivity (Wildman–Crippen MR) is 90.8 cm³/mol. The molecule has 0 fully saturated rings. The second kappa shape index (κ2) is 10.8. The molecule has 25 heavy (non-hydrogen) atoms. The first kappa shape index (κ1) is 22.2. The van der Waals surface area contributed by atoms with E-state index in [0.717, 1.165) is 0 Å². The van der Waals surface area contributed by atoms with E-state index in [2.05, 4.69) is 24.7 Å². The molecule has 0 amide bonds. The van der Waals surface area contributed by atoms with E-state index < -0.39 is 23.3 Å². The molecule has 9 heteroatoms. The average molecular weight is 354 g/mol. The van der Waals surface area contributed by atoms with Gasteiger partial charge in [0.2, 0.25) is 0 Å². The predicted octanol–water partition coefficient (Wildman–Crippen LogP) is 3.01. The summed E-state index contributed by atoms with van der Waals surface area (Å²) in [6, 6.07) is 0. The van der Waals surface area contributed by atoms with Crippen LogP contribution in [0.25, 0.3) is 0 Å². The van der Waals surface area contributed by atoms with E-state index >= 15 is 0 Å². The van der Waals surface area contributed by atoms with Crippen LogP contribution in [0.2, 0.25) is 0 Å². The molecule has 2 aromatic rings. The summed E-state index contributed by atoms with van der Waals surface area (Å²) in [4.78, 5) is 34.5. The van der Waals surface area contributed by atoms with Crippen molar-refractivity contribution in [1.29, 1.82) is 0 Å². The monoisotopic (exact) mass is 354 g/mol. The van der Waals surface area contributed by atoms with Crippen LogP contribution in [0.4, 0.5) is 4.79 Å². The molecular weight excluding hydrogens is 328 g/mol. The molecule has 0 radical (unpaired) electrons. The Hall–Kier alpha value is -2.84. The summed E-state index contributed by atoms with van der Waals surface area (Å²) in [7, 11) is 0. The number of carbonyl (C=O) groups excluding carboxylic acids is 1. The van der Waals surface area contributed by atoms with Gasteiger partial charge in [-0.2, -0.15) is 0 Å². The molecule has 2 rings (SSSR count). The third kappa shape index (κ3) is 15.8. The summed E-state index contributed by atoms with van der Waals surface area (Å²) in [5.41, 5.74) is -1.63. The Kier molecular flexibility index (Phi) is 9.61. The number of esters is 1. The molecule has 0 spiro atoms. The van der Waals surface area contributed by atoms with E-state index in [1.807, 2.05) is 0 Å². The van der Waals surface area contributed by atoms with Crippen molar-refractivity contribution in [2.45, 2.75) is 52.2 Å². The third-order valence-electron chi connectivity index (χ3n) is 2.17. The van der Waals surface area contributed by atoms with Gasteiger partial charge in [-0.25, -0.2) is 14.8 Å². The van der Waals surface area contributed by atoms with Crippen molar-refractivity contribution >= 4 is 12.1 Å². The minimum Gasteiger partial charge on any atom is -0.460 e. The molecule has 0 aliphatic rings.